The summed E-state index contributed by atoms with van der Waals surface area (Å²) < 4.78 is 0.982. The fourth-order valence-corrected chi connectivity index (χ4v) is 2.56. The SMILES string of the molecule is Nc1ccc(C(O)Cc2ccccc2Br)c(Cl)c1. The van der Waals surface area contributed by atoms with Gasteiger partial charge in [-0.25, -0.2) is 0 Å². The zero-order valence-corrected chi connectivity index (χ0v) is 11.9. The van der Waals surface area contributed by atoms with Gasteiger partial charge in [-0.3, -0.25) is 0 Å². The van der Waals surface area contributed by atoms with E-state index in [1.807, 2.05) is 24.3 Å². The van der Waals surface area contributed by atoms with Crippen molar-refractivity contribution in [3.8, 4) is 0 Å². The van der Waals surface area contributed by atoms with Gasteiger partial charge in [-0.05, 0) is 29.3 Å². The topological polar surface area (TPSA) is 46.2 Å². The number of halogens is 2. The molecule has 0 aliphatic heterocycles. The zero-order valence-electron chi connectivity index (χ0n) is 9.61. The lowest BCUT2D eigenvalue weighted by molar-refractivity contribution is 0.178. The van der Waals surface area contributed by atoms with E-state index in [1.165, 1.54) is 0 Å². The Morgan fingerprint density at radius 1 is 1.22 bits per heavy atom. The predicted molar refractivity (Wildman–Crippen MR) is 78.7 cm³/mol. The van der Waals surface area contributed by atoms with E-state index in [1.54, 1.807) is 18.2 Å². The maximum Gasteiger partial charge on any atom is 0.0845 e. The summed E-state index contributed by atoms with van der Waals surface area (Å²) in [5.74, 6) is 0. The molecule has 0 aliphatic carbocycles. The van der Waals surface area contributed by atoms with Gasteiger partial charge in [0.2, 0.25) is 0 Å². The summed E-state index contributed by atoms with van der Waals surface area (Å²) in [5, 5.41) is 10.7. The van der Waals surface area contributed by atoms with Crippen LogP contribution in [-0.4, -0.2) is 5.11 Å². The number of anilines is 1. The second-order valence-corrected chi connectivity index (χ2v) is 5.35. The molecule has 2 nitrogen and oxygen atoms in total. The Bertz CT molecular complexity index is 559. The number of aliphatic hydroxyl groups is 1. The van der Waals surface area contributed by atoms with Crippen molar-refractivity contribution in [2.24, 2.45) is 0 Å². The summed E-state index contributed by atoms with van der Waals surface area (Å²) in [7, 11) is 0. The van der Waals surface area contributed by atoms with Crippen molar-refractivity contribution >= 4 is 33.2 Å². The highest BCUT2D eigenvalue weighted by Gasteiger charge is 2.13. The van der Waals surface area contributed by atoms with Gasteiger partial charge in [0, 0.05) is 21.6 Å². The minimum absolute atomic E-state index is 0.495. The molecule has 0 saturated heterocycles. The smallest absolute Gasteiger partial charge is 0.0845 e. The quantitative estimate of drug-likeness (QED) is 0.839. The molecule has 0 aromatic heterocycles. The molecule has 1 atom stereocenters. The molecule has 0 saturated carbocycles. The Labute approximate surface area is 120 Å². The van der Waals surface area contributed by atoms with Gasteiger partial charge in [0.1, 0.15) is 0 Å². The summed E-state index contributed by atoms with van der Waals surface area (Å²) in [6.45, 7) is 0. The Hall–Kier alpha value is -1.03. The molecule has 2 aromatic rings. The van der Waals surface area contributed by atoms with Crippen LogP contribution in [-0.2, 0) is 6.42 Å². The Morgan fingerprint density at radius 3 is 2.61 bits per heavy atom. The largest absolute Gasteiger partial charge is 0.399 e. The average Bonchev–Trinajstić information content (AvgIpc) is 2.32. The van der Waals surface area contributed by atoms with E-state index in [4.69, 9.17) is 17.3 Å². The number of rotatable bonds is 3. The molecule has 0 bridgehead atoms. The zero-order chi connectivity index (χ0) is 13.1. The van der Waals surface area contributed by atoms with E-state index in [2.05, 4.69) is 15.9 Å². The maximum atomic E-state index is 10.2. The van der Waals surface area contributed by atoms with E-state index < -0.39 is 6.10 Å². The lowest BCUT2D eigenvalue weighted by atomic mass is 10.0. The fourth-order valence-electron chi connectivity index (χ4n) is 1.80. The van der Waals surface area contributed by atoms with Crippen LogP contribution in [0.4, 0.5) is 5.69 Å². The standard InChI is InChI=1S/C14H13BrClNO/c15-12-4-2-1-3-9(12)7-14(18)11-6-5-10(17)8-13(11)16/h1-6,8,14,18H,7,17H2. The van der Waals surface area contributed by atoms with Crippen molar-refractivity contribution in [3.05, 3.63) is 63.1 Å². The summed E-state index contributed by atoms with van der Waals surface area (Å²) in [5.41, 5.74) is 7.96. The molecule has 0 heterocycles. The van der Waals surface area contributed by atoms with Crippen molar-refractivity contribution in [2.45, 2.75) is 12.5 Å². The Morgan fingerprint density at radius 2 is 1.94 bits per heavy atom. The second-order valence-electron chi connectivity index (χ2n) is 4.09. The molecule has 2 aromatic carbocycles. The van der Waals surface area contributed by atoms with Crippen LogP contribution in [0.3, 0.4) is 0 Å². The molecular weight excluding hydrogens is 314 g/mol. The Balaban J connectivity index is 2.22. The number of hydrogen-bond donors (Lipinski definition) is 2. The van der Waals surface area contributed by atoms with Gasteiger partial charge in [-0.15, -0.1) is 0 Å². The minimum atomic E-state index is -0.642. The van der Waals surface area contributed by atoms with E-state index in [-0.39, 0.29) is 0 Å². The van der Waals surface area contributed by atoms with Crippen LogP contribution in [0.2, 0.25) is 5.02 Å². The highest BCUT2D eigenvalue weighted by Crippen LogP contribution is 2.29. The fraction of sp³-hybridized carbons (Fsp3) is 0.143. The molecule has 0 fully saturated rings. The van der Waals surface area contributed by atoms with Crippen molar-refractivity contribution in [3.63, 3.8) is 0 Å². The number of hydrogen-bond acceptors (Lipinski definition) is 2. The lowest BCUT2D eigenvalue weighted by Crippen LogP contribution is -2.03. The molecule has 18 heavy (non-hydrogen) atoms. The first-order chi connectivity index (χ1) is 8.58. The predicted octanol–water partition coefficient (Wildman–Crippen LogP) is 3.96. The maximum absolute atomic E-state index is 10.2. The Kier molecular flexibility index (Phi) is 4.27. The third kappa shape index (κ3) is 3.05. The van der Waals surface area contributed by atoms with Gasteiger partial charge in [0.15, 0.2) is 0 Å². The van der Waals surface area contributed by atoms with Crippen LogP contribution in [0.5, 0.6) is 0 Å². The first kappa shape index (κ1) is 13.4. The van der Waals surface area contributed by atoms with Crippen LogP contribution in [0.1, 0.15) is 17.2 Å². The van der Waals surface area contributed by atoms with Crippen LogP contribution in [0.15, 0.2) is 46.9 Å². The van der Waals surface area contributed by atoms with Crippen LogP contribution in [0.25, 0.3) is 0 Å². The lowest BCUT2D eigenvalue weighted by Gasteiger charge is -2.14. The van der Waals surface area contributed by atoms with Gasteiger partial charge < -0.3 is 10.8 Å². The summed E-state index contributed by atoms with van der Waals surface area (Å²) >= 11 is 9.54. The molecule has 0 radical (unpaired) electrons. The average molecular weight is 327 g/mol. The van der Waals surface area contributed by atoms with Crippen molar-refractivity contribution in [1.29, 1.82) is 0 Å². The van der Waals surface area contributed by atoms with Gasteiger partial charge in [0.25, 0.3) is 0 Å². The van der Waals surface area contributed by atoms with Crippen molar-refractivity contribution < 1.29 is 5.11 Å². The number of nitrogen functional groups attached to an aromatic ring is 1. The monoisotopic (exact) mass is 325 g/mol. The van der Waals surface area contributed by atoms with Gasteiger partial charge in [-0.1, -0.05) is 51.8 Å². The van der Waals surface area contributed by atoms with Gasteiger partial charge >= 0.3 is 0 Å². The second kappa shape index (κ2) is 5.74. The van der Waals surface area contributed by atoms with Crippen LogP contribution >= 0.6 is 27.5 Å². The van der Waals surface area contributed by atoms with Crippen molar-refractivity contribution in [1.82, 2.24) is 0 Å². The first-order valence-electron chi connectivity index (χ1n) is 5.54. The molecule has 0 amide bonds. The molecule has 0 spiro atoms. The number of aliphatic hydroxyl groups excluding tert-OH is 1. The number of benzene rings is 2. The molecule has 3 N–H and O–H groups in total. The summed E-state index contributed by atoms with van der Waals surface area (Å²) in [4.78, 5) is 0. The summed E-state index contributed by atoms with van der Waals surface area (Å²) in [6, 6.07) is 13.0. The van der Waals surface area contributed by atoms with Gasteiger partial charge in [-0.2, -0.15) is 0 Å². The first-order valence-corrected chi connectivity index (χ1v) is 6.71. The van der Waals surface area contributed by atoms with Crippen LogP contribution in [0, 0.1) is 0 Å². The van der Waals surface area contributed by atoms with E-state index in [0.717, 1.165) is 10.0 Å². The molecule has 4 heteroatoms. The highest BCUT2D eigenvalue weighted by atomic mass is 79.9. The normalized spacial score (nSPS) is 12.4. The molecule has 0 aliphatic rings. The molecule has 2 rings (SSSR count). The number of nitrogens with two attached hydrogens (primary N) is 1. The van der Waals surface area contributed by atoms with Crippen molar-refractivity contribution in [2.75, 3.05) is 5.73 Å². The third-order valence-corrected chi connectivity index (χ3v) is 3.86. The molecule has 1 unspecified atom stereocenters. The van der Waals surface area contributed by atoms with E-state index >= 15 is 0 Å². The third-order valence-electron chi connectivity index (χ3n) is 2.75. The van der Waals surface area contributed by atoms with E-state index in [9.17, 15) is 5.11 Å². The minimum Gasteiger partial charge on any atom is -0.399 e. The summed E-state index contributed by atoms with van der Waals surface area (Å²) in [6.07, 6.45) is -0.137. The highest BCUT2D eigenvalue weighted by molar-refractivity contribution is 9.10. The molecular formula is C14H13BrClNO. The molecule has 94 valence electrons. The van der Waals surface area contributed by atoms with E-state index in [0.29, 0.717) is 22.7 Å². The van der Waals surface area contributed by atoms with Crippen LogP contribution < -0.4 is 5.73 Å². The van der Waals surface area contributed by atoms with Gasteiger partial charge in [0.05, 0.1) is 6.10 Å².